The van der Waals surface area contributed by atoms with E-state index in [0.717, 1.165) is 15.6 Å². The van der Waals surface area contributed by atoms with Crippen molar-refractivity contribution in [3.05, 3.63) is 69.2 Å². The van der Waals surface area contributed by atoms with Gasteiger partial charge in [0.2, 0.25) is 11.8 Å². The molecule has 0 saturated carbocycles. The van der Waals surface area contributed by atoms with Gasteiger partial charge in [-0.1, -0.05) is 51.8 Å². The van der Waals surface area contributed by atoms with E-state index in [9.17, 15) is 9.59 Å². The van der Waals surface area contributed by atoms with E-state index in [2.05, 4.69) is 21.2 Å². The second-order valence-corrected chi connectivity index (χ2v) is 8.15. The number of hydrogen-bond acceptors (Lipinski definition) is 2. The minimum Gasteiger partial charge on any atom is -0.352 e. The van der Waals surface area contributed by atoms with Crippen LogP contribution in [0.4, 0.5) is 0 Å². The number of benzene rings is 2. The second-order valence-electron chi connectivity index (χ2n) is 6.79. The van der Waals surface area contributed by atoms with E-state index < -0.39 is 6.04 Å². The molecular formula is C21H24BrClN2O2. The van der Waals surface area contributed by atoms with E-state index in [1.54, 1.807) is 24.0 Å². The largest absolute Gasteiger partial charge is 0.352 e. The van der Waals surface area contributed by atoms with Crippen LogP contribution in [-0.4, -0.2) is 28.8 Å². The highest BCUT2D eigenvalue weighted by Gasteiger charge is 2.26. The summed E-state index contributed by atoms with van der Waals surface area (Å²) in [6, 6.07) is 14.4. The summed E-state index contributed by atoms with van der Waals surface area (Å²) in [5.74, 6) is -0.284. The Kier molecular flexibility index (Phi) is 7.87. The molecule has 6 heteroatoms. The first-order valence-corrected chi connectivity index (χ1v) is 10.0. The maximum Gasteiger partial charge on any atom is 0.242 e. The fourth-order valence-electron chi connectivity index (χ4n) is 2.70. The van der Waals surface area contributed by atoms with E-state index in [0.29, 0.717) is 11.6 Å². The number of rotatable bonds is 7. The number of carbonyl (C=O) groups is 2. The molecule has 0 heterocycles. The van der Waals surface area contributed by atoms with Crippen LogP contribution in [0.3, 0.4) is 0 Å². The summed E-state index contributed by atoms with van der Waals surface area (Å²) in [5.41, 5.74) is 1.78. The Labute approximate surface area is 174 Å². The number of amides is 2. The van der Waals surface area contributed by atoms with Crippen molar-refractivity contribution >= 4 is 39.3 Å². The molecule has 2 aromatic carbocycles. The van der Waals surface area contributed by atoms with Gasteiger partial charge >= 0.3 is 0 Å². The average Bonchev–Trinajstić information content (AvgIpc) is 2.60. The van der Waals surface area contributed by atoms with Crippen LogP contribution in [0.2, 0.25) is 5.02 Å². The van der Waals surface area contributed by atoms with Gasteiger partial charge in [0, 0.05) is 22.1 Å². The second kappa shape index (κ2) is 9.90. The van der Waals surface area contributed by atoms with Crippen LogP contribution in [0.5, 0.6) is 0 Å². The molecule has 0 aromatic heterocycles. The molecule has 1 atom stereocenters. The number of nitrogens with one attached hydrogen (secondary N) is 1. The van der Waals surface area contributed by atoms with Crippen molar-refractivity contribution in [2.24, 2.45) is 0 Å². The van der Waals surface area contributed by atoms with E-state index in [1.165, 1.54) is 0 Å². The molecule has 1 N–H and O–H groups in total. The Bertz CT molecular complexity index is 793. The molecule has 0 saturated heterocycles. The number of nitrogens with zero attached hydrogens (tertiary/aromatic N) is 1. The van der Waals surface area contributed by atoms with Crippen molar-refractivity contribution in [1.29, 1.82) is 0 Å². The quantitative estimate of drug-likeness (QED) is 0.669. The lowest BCUT2D eigenvalue weighted by molar-refractivity contribution is -0.140. The van der Waals surface area contributed by atoms with Gasteiger partial charge < -0.3 is 10.2 Å². The molecule has 2 rings (SSSR count). The summed E-state index contributed by atoms with van der Waals surface area (Å²) < 4.78 is 0.966. The fourth-order valence-corrected chi connectivity index (χ4v) is 3.17. The summed E-state index contributed by atoms with van der Waals surface area (Å²) in [7, 11) is 0. The molecule has 27 heavy (non-hydrogen) atoms. The SMILES string of the molecule is CC(C)NC(=O)[C@H](C)N(Cc1ccc(Br)cc1)C(=O)Cc1cccc(Cl)c1. The van der Waals surface area contributed by atoms with Gasteiger partial charge in [-0.15, -0.1) is 0 Å². The highest BCUT2D eigenvalue weighted by molar-refractivity contribution is 9.10. The smallest absolute Gasteiger partial charge is 0.242 e. The van der Waals surface area contributed by atoms with E-state index >= 15 is 0 Å². The lowest BCUT2D eigenvalue weighted by Gasteiger charge is -2.29. The predicted octanol–water partition coefficient (Wildman–Crippen LogP) is 4.59. The van der Waals surface area contributed by atoms with Crippen LogP contribution in [0.15, 0.2) is 53.0 Å². The minimum atomic E-state index is -0.581. The molecule has 0 aliphatic carbocycles. The monoisotopic (exact) mass is 450 g/mol. The Morgan fingerprint density at radius 1 is 1.07 bits per heavy atom. The Morgan fingerprint density at radius 3 is 2.33 bits per heavy atom. The van der Waals surface area contributed by atoms with Crippen LogP contribution < -0.4 is 5.32 Å². The van der Waals surface area contributed by atoms with Crippen molar-refractivity contribution in [2.75, 3.05) is 0 Å². The molecule has 0 radical (unpaired) electrons. The summed E-state index contributed by atoms with van der Waals surface area (Å²) >= 11 is 9.44. The van der Waals surface area contributed by atoms with E-state index in [4.69, 9.17) is 11.6 Å². The first-order valence-electron chi connectivity index (χ1n) is 8.85. The lowest BCUT2D eigenvalue weighted by Crippen LogP contribution is -2.49. The van der Waals surface area contributed by atoms with Gasteiger partial charge in [0.25, 0.3) is 0 Å². The molecule has 0 aliphatic rings. The lowest BCUT2D eigenvalue weighted by atomic mass is 10.1. The van der Waals surface area contributed by atoms with Gasteiger partial charge in [-0.25, -0.2) is 0 Å². The standard InChI is InChI=1S/C21H24BrClN2O2/c1-14(2)24-21(27)15(3)25(13-16-7-9-18(22)10-8-16)20(26)12-17-5-4-6-19(23)11-17/h4-11,14-15H,12-13H2,1-3H3,(H,24,27)/t15-/m0/s1. The number of halogens is 2. The van der Waals surface area contributed by atoms with Crippen molar-refractivity contribution in [3.8, 4) is 0 Å². The summed E-state index contributed by atoms with van der Waals surface area (Å²) in [4.78, 5) is 27.2. The normalized spacial score (nSPS) is 11.9. The molecule has 144 valence electrons. The first kappa shape index (κ1) is 21.5. The van der Waals surface area contributed by atoms with Crippen LogP contribution >= 0.6 is 27.5 Å². The summed E-state index contributed by atoms with van der Waals surface area (Å²) in [6.07, 6.45) is 0.191. The fraction of sp³-hybridized carbons (Fsp3) is 0.333. The van der Waals surface area contributed by atoms with Crippen molar-refractivity contribution in [1.82, 2.24) is 10.2 Å². The maximum absolute atomic E-state index is 13.0. The van der Waals surface area contributed by atoms with Crippen molar-refractivity contribution < 1.29 is 9.59 Å². The number of carbonyl (C=O) groups excluding carboxylic acids is 2. The Balaban J connectivity index is 2.22. The molecular weight excluding hydrogens is 428 g/mol. The predicted molar refractivity (Wildman–Crippen MR) is 113 cm³/mol. The van der Waals surface area contributed by atoms with Crippen LogP contribution in [0.1, 0.15) is 31.9 Å². The van der Waals surface area contributed by atoms with E-state index in [-0.39, 0.29) is 24.3 Å². The highest BCUT2D eigenvalue weighted by Crippen LogP contribution is 2.17. The average molecular weight is 452 g/mol. The molecule has 0 fully saturated rings. The van der Waals surface area contributed by atoms with Gasteiger partial charge in [0.15, 0.2) is 0 Å². The third-order valence-corrected chi connectivity index (χ3v) is 4.87. The van der Waals surface area contributed by atoms with Crippen molar-refractivity contribution in [2.45, 2.75) is 45.8 Å². The van der Waals surface area contributed by atoms with Crippen LogP contribution in [0.25, 0.3) is 0 Å². The third-order valence-electron chi connectivity index (χ3n) is 4.11. The molecule has 4 nitrogen and oxygen atoms in total. The molecule has 0 aliphatic heterocycles. The summed E-state index contributed by atoms with van der Waals surface area (Å²) in [5, 5.41) is 3.47. The van der Waals surface area contributed by atoms with Crippen molar-refractivity contribution in [3.63, 3.8) is 0 Å². The zero-order valence-electron chi connectivity index (χ0n) is 15.7. The highest BCUT2D eigenvalue weighted by atomic mass is 79.9. The molecule has 2 amide bonds. The number of hydrogen-bond donors (Lipinski definition) is 1. The molecule has 0 bridgehead atoms. The molecule has 0 unspecified atom stereocenters. The topological polar surface area (TPSA) is 49.4 Å². The zero-order chi connectivity index (χ0) is 20.0. The van der Waals surface area contributed by atoms with Gasteiger partial charge in [0.1, 0.15) is 6.04 Å². The molecule has 0 spiro atoms. The van der Waals surface area contributed by atoms with Gasteiger partial charge in [-0.2, -0.15) is 0 Å². The van der Waals surface area contributed by atoms with E-state index in [1.807, 2.05) is 50.2 Å². The first-order chi connectivity index (χ1) is 12.8. The van der Waals surface area contributed by atoms with Crippen LogP contribution in [0, 0.1) is 0 Å². The molecule has 2 aromatic rings. The zero-order valence-corrected chi connectivity index (χ0v) is 18.0. The van der Waals surface area contributed by atoms with Crippen LogP contribution in [-0.2, 0) is 22.6 Å². The Hall–Kier alpha value is -1.85. The van der Waals surface area contributed by atoms with Gasteiger partial charge in [-0.3, -0.25) is 9.59 Å². The maximum atomic E-state index is 13.0. The third kappa shape index (κ3) is 6.67. The summed E-state index contributed by atoms with van der Waals surface area (Å²) in [6.45, 7) is 5.92. The van der Waals surface area contributed by atoms with Gasteiger partial charge in [0.05, 0.1) is 6.42 Å². The van der Waals surface area contributed by atoms with Gasteiger partial charge in [-0.05, 0) is 56.2 Å². The minimum absolute atomic E-state index is 0.0116. The Morgan fingerprint density at radius 2 is 1.74 bits per heavy atom.